The fourth-order valence-corrected chi connectivity index (χ4v) is 3.82. The summed E-state index contributed by atoms with van der Waals surface area (Å²) in [5.41, 5.74) is 5.90. The van der Waals surface area contributed by atoms with Crippen LogP contribution in [-0.4, -0.2) is 4.57 Å². The zero-order valence-corrected chi connectivity index (χ0v) is 14.8. The van der Waals surface area contributed by atoms with E-state index in [1.165, 1.54) is 27.4 Å². The number of hydrogen-bond acceptors (Lipinski definition) is 0. The van der Waals surface area contributed by atoms with E-state index in [0.29, 0.717) is 0 Å². The van der Waals surface area contributed by atoms with E-state index in [2.05, 4.69) is 83.4 Å². The van der Waals surface area contributed by atoms with Gasteiger partial charge in [0.15, 0.2) is 0 Å². The summed E-state index contributed by atoms with van der Waals surface area (Å²) in [5, 5.41) is 3.21. The molecule has 0 spiro atoms. The van der Waals surface area contributed by atoms with Crippen LogP contribution in [0.3, 0.4) is 0 Å². The van der Waals surface area contributed by atoms with E-state index in [1.54, 1.807) is 0 Å². The average molecular weight is 354 g/mol. The van der Waals surface area contributed by atoms with E-state index in [9.17, 15) is 0 Å². The second kappa shape index (κ2) is 6.05. The average Bonchev–Trinajstić information content (AvgIpc) is 3.02. The molecule has 0 aliphatic rings. The molecule has 0 amide bonds. The Morgan fingerprint density at radius 2 is 1.19 bits per heavy atom. The van der Waals surface area contributed by atoms with Crippen LogP contribution in [0.1, 0.15) is 0 Å². The highest BCUT2D eigenvalue weighted by Gasteiger charge is 2.12. The number of rotatable bonds is 2. The third-order valence-corrected chi connectivity index (χ3v) is 5.10. The molecule has 5 rings (SSSR count). The minimum Gasteiger partial charge on any atom is -0.309 e. The lowest BCUT2D eigenvalue weighted by molar-refractivity contribution is 1.18. The van der Waals surface area contributed by atoms with E-state index >= 15 is 0 Å². The van der Waals surface area contributed by atoms with Crippen LogP contribution < -0.4 is 0 Å². The molecular formula is C24H16ClN. The summed E-state index contributed by atoms with van der Waals surface area (Å²) in [5.74, 6) is 0. The summed E-state index contributed by atoms with van der Waals surface area (Å²) in [6.07, 6.45) is 0. The van der Waals surface area contributed by atoms with Crippen molar-refractivity contribution >= 4 is 33.4 Å². The molecule has 4 aromatic carbocycles. The third kappa shape index (κ3) is 2.40. The predicted molar refractivity (Wildman–Crippen MR) is 111 cm³/mol. The van der Waals surface area contributed by atoms with Crippen molar-refractivity contribution < 1.29 is 0 Å². The fraction of sp³-hybridized carbons (Fsp3) is 0. The van der Waals surface area contributed by atoms with Gasteiger partial charge in [0.25, 0.3) is 0 Å². The monoisotopic (exact) mass is 353 g/mol. The second-order valence-electron chi connectivity index (χ2n) is 6.43. The van der Waals surface area contributed by atoms with E-state index in [0.717, 1.165) is 16.2 Å². The van der Waals surface area contributed by atoms with E-state index in [-0.39, 0.29) is 0 Å². The van der Waals surface area contributed by atoms with Gasteiger partial charge in [0.2, 0.25) is 0 Å². The number of halogens is 1. The van der Waals surface area contributed by atoms with Gasteiger partial charge >= 0.3 is 0 Å². The zero-order valence-electron chi connectivity index (χ0n) is 14.1. The molecule has 0 radical (unpaired) electrons. The van der Waals surface area contributed by atoms with Gasteiger partial charge in [-0.15, -0.1) is 0 Å². The summed E-state index contributed by atoms with van der Waals surface area (Å²) < 4.78 is 2.28. The largest absolute Gasteiger partial charge is 0.309 e. The number of hydrogen-bond donors (Lipinski definition) is 0. The van der Waals surface area contributed by atoms with E-state index in [1.807, 2.05) is 18.2 Å². The first-order chi connectivity index (χ1) is 12.8. The van der Waals surface area contributed by atoms with Crippen molar-refractivity contribution in [2.24, 2.45) is 0 Å². The van der Waals surface area contributed by atoms with Gasteiger partial charge in [-0.25, -0.2) is 0 Å². The van der Waals surface area contributed by atoms with Crippen LogP contribution in [-0.2, 0) is 0 Å². The Morgan fingerprint density at radius 3 is 2.00 bits per heavy atom. The van der Waals surface area contributed by atoms with Gasteiger partial charge in [-0.2, -0.15) is 0 Å². The highest BCUT2D eigenvalue weighted by molar-refractivity contribution is 6.31. The van der Waals surface area contributed by atoms with Crippen LogP contribution in [0.2, 0.25) is 5.02 Å². The maximum atomic E-state index is 6.30. The molecule has 0 unspecified atom stereocenters. The highest BCUT2D eigenvalue weighted by Crippen LogP contribution is 2.34. The molecule has 0 aliphatic heterocycles. The zero-order chi connectivity index (χ0) is 17.5. The van der Waals surface area contributed by atoms with Crippen molar-refractivity contribution in [2.75, 3.05) is 0 Å². The Balaban J connectivity index is 1.74. The van der Waals surface area contributed by atoms with Crippen LogP contribution in [0.15, 0.2) is 97.1 Å². The second-order valence-corrected chi connectivity index (χ2v) is 6.86. The number of nitrogens with zero attached hydrogens (tertiary/aromatic N) is 1. The number of aromatic nitrogens is 1. The molecule has 0 atom stereocenters. The van der Waals surface area contributed by atoms with Crippen molar-refractivity contribution in [1.29, 1.82) is 0 Å². The molecule has 1 aromatic heterocycles. The van der Waals surface area contributed by atoms with Crippen LogP contribution in [0.25, 0.3) is 38.6 Å². The first-order valence-electron chi connectivity index (χ1n) is 8.66. The van der Waals surface area contributed by atoms with Crippen molar-refractivity contribution in [3.05, 3.63) is 102 Å². The van der Waals surface area contributed by atoms with Crippen LogP contribution in [0.4, 0.5) is 0 Å². The van der Waals surface area contributed by atoms with Gasteiger partial charge in [-0.1, -0.05) is 78.3 Å². The molecule has 0 bridgehead atoms. The maximum Gasteiger partial charge on any atom is 0.0555 e. The number of fused-ring (bicyclic) bond motifs is 3. The molecule has 124 valence electrons. The molecule has 2 heteroatoms. The summed E-state index contributed by atoms with van der Waals surface area (Å²) in [6, 6.07) is 33.7. The Hall–Kier alpha value is -3.03. The van der Waals surface area contributed by atoms with Gasteiger partial charge in [-0.3, -0.25) is 0 Å². The fourth-order valence-electron chi connectivity index (χ4n) is 3.66. The Kier molecular flexibility index (Phi) is 3.55. The molecule has 26 heavy (non-hydrogen) atoms. The molecule has 0 N–H and O–H groups in total. The molecule has 0 fully saturated rings. The molecule has 1 nitrogen and oxygen atoms in total. The summed E-state index contributed by atoms with van der Waals surface area (Å²) in [6.45, 7) is 0. The van der Waals surface area contributed by atoms with Crippen molar-refractivity contribution in [1.82, 2.24) is 4.57 Å². The van der Waals surface area contributed by atoms with E-state index in [4.69, 9.17) is 11.6 Å². The molecular weight excluding hydrogens is 338 g/mol. The van der Waals surface area contributed by atoms with Crippen LogP contribution >= 0.6 is 11.6 Å². The topological polar surface area (TPSA) is 4.93 Å². The van der Waals surface area contributed by atoms with Gasteiger partial charge in [0, 0.05) is 21.5 Å². The van der Waals surface area contributed by atoms with Gasteiger partial charge in [0.1, 0.15) is 0 Å². The van der Waals surface area contributed by atoms with E-state index < -0.39 is 0 Å². The first kappa shape index (κ1) is 15.2. The summed E-state index contributed by atoms with van der Waals surface area (Å²) >= 11 is 6.30. The summed E-state index contributed by atoms with van der Waals surface area (Å²) in [7, 11) is 0. The van der Waals surface area contributed by atoms with Gasteiger partial charge in [-0.05, 0) is 41.5 Å². The molecule has 5 aromatic rings. The Bertz CT molecular complexity index is 1220. The van der Waals surface area contributed by atoms with Gasteiger partial charge < -0.3 is 4.57 Å². The lowest BCUT2D eigenvalue weighted by Crippen LogP contribution is -1.93. The summed E-state index contributed by atoms with van der Waals surface area (Å²) in [4.78, 5) is 0. The molecule has 0 saturated carbocycles. The van der Waals surface area contributed by atoms with Crippen LogP contribution in [0, 0.1) is 0 Å². The molecule has 1 heterocycles. The lowest BCUT2D eigenvalue weighted by Gasteiger charge is -2.09. The smallest absolute Gasteiger partial charge is 0.0555 e. The minimum atomic E-state index is 0.752. The van der Waals surface area contributed by atoms with Crippen molar-refractivity contribution in [2.45, 2.75) is 0 Å². The van der Waals surface area contributed by atoms with Crippen molar-refractivity contribution in [3.63, 3.8) is 0 Å². The third-order valence-electron chi connectivity index (χ3n) is 4.87. The number of para-hydroxylation sites is 1. The molecule has 0 aliphatic carbocycles. The SMILES string of the molecule is Clc1ccc2c3ccccc3n(-c3ccc(-c4ccccc4)cc3)c2c1. The first-order valence-corrected chi connectivity index (χ1v) is 9.04. The maximum absolute atomic E-state index is 6.30. The standard InChI is InChI=1S/C24H16ClN/c25-19-12-15-22-21-8-4-5-9-23(21)26(24(22)16-19)20-13-10-18(11-14-20)17-6-2-1-3-7-17/h1-16H. The Morgan fingerprint density at radius 1 is 0.538 bits per heavy atom. The minimum absolute atomic E-state index is 0.752. The normalized spacial score (nSPS) is 11.3. The highest BCUT2D eigenvalue weighted by atomic mass is 35.5. The van der Waals surface area contributed by atoms with Crippen LogP contribution in [0.5, 0.6) is 0 Å². The van der Waals surface area contributed by atoms with Gasteiger partial charge in [0.05, 0.1) is 11.0 Å². The molecule has 0 saturated heterocycles. The quantitative estimate of drug-likeness (QED) is 0.319. The number of benzene rings is 4. The lowest BCUT2D eigenvalue weighted by atomic mass is 10.1. The van der Waals surface area contributed by atoms with Crippen molar-refractivity contribution in [3.8, 4) is 16.8 Å². The predicted octanol–water partition coefficient (Wildman–Crippen LogP) is 7.10. The Labute approximate surface area is 157 Å².